The Morgan fingerprint density at radius 1 is 1.14 bits per heavy atom. The number of carbonyl (C=O) groups is 2. The van der Waals surface area contributed by atoms with Crippen molar-refractivity contribution in [3.8, 4) is 11.5 Å². The van der Waals surface area contributed by atoms with Gasteiger partial charge in [-0.05, 0) is 36.2 Å². The van der Waals surface area contributed by atoms with Gasteiger partial charge in [0.25, 0.3) is 5.91 Å². The van der Waals surface area contributed by atoms with Gasteiger partial charge in [-0.2, -0.15) is 0 Å². The van der Waals surface area contributed by atoms with Crippen LogP contribution in [0.25, 0.3) is 0 Å². The van der Waals surface area contributed by atoms with Gasteiger partial charge in [-0.15, -0.1) is 0 Å². The second-order valence-electron chi connectivity index (χ2n) is 6.45. The lowest BCUT2D eigenvalue weighted by Crippen LogP contribution is -2.32. The Balaban J connectivity index is 1.90. The Hall–Kier alpha value is -3.35. The number of aryl methyl sites for hydroxylation is 1. The van der Waals surface area contributed by atoms with E-state index < -0.39 is 5.92 Å². The van der Waals surface area contributed by atoms with Gasteiger partial charge in [0.1, 0.15) is 5.82 Å². The van der Waals surface area contributed by atoms with E-state index in [4.69, 9.17) is 9.47 Å². The highest BCUT2D eigenvalue weighted by Gasteiger charge is 2.29. The van der Waals surface area contributed by atoms with Crippen molar-refractivity contribution in [1.82, 2.24) is 5.32 Å². The van der Waals surface area contributed by atoms with Crippen LogP contribution < -0.4 is 20.1 Å². The van der Waals surface area contributed by atoms with E-state index in [0.717, 1.165) is 5.56 Å². The summed E-state index contributed by atoms with van der Waals surface area (Å²) in [5, 5.41) is 5.45. The highest BCUT2D eigenvalue weighted by molar-refractivity contribution is 6.06. The number of anilines is 1. The summed E-state index contributed by atoms with van der Waals surface area (Å²) < 4.78 is 23.8. The number of ether oxygens (including phenoxy) is 2. The van der Waals surface area contributed by atoms with Crippen molar-refractivity contribution in [3.63, 3.8) is 0 Å². The molecule has 2 aromatic rings. The summed E-state index contributed by atoms with van der Waals surface area (Å²) in [6.07, 6.45) is 1.51. The molecule has 146 valence electrons. The number of hydrogen-bond acceptors (Lipinski definition) is 4. The second kappa shape index (κ2) is 8.12. The lowest BCUT2D eigenvalue weighted by molar-refractivity contribution is -0.121. The molecule has 0 saturated carbocycles. The van der Waals surface area contributed by atoms with Crippen LogP contribution in [0.2, 0.25) is 0 Å². The predicted molar refractivity (Wildman–Crippen MR) is 103 cm³/mol. The van der Waals surface area contributed by atoms with Gasteiger partial charge in [0.05, 0.1) is 14.2 Å². The molecule has 6 nitrogen and oxygen atoms in total. The molecule has 0 fully saturated rings. The maximum atomic E-state index is 13.3. The van der Waals surface area contributed by atoms with Gasteiger partial charge in [0.15, 0.2) is 11.5 Å². The van der Waals surface area contributed by atoms with E-state index in [2.05, 4.69) is 10.6 Å². The molecule has 0 saturated heterocycles. The monoisotopic (exact) mass is 384 g/mol. The van der Waals surface area contributed by atoms with Gasteiger partial charge in [-0.25, -0.2) is 4.39 Å². The van der Waals surface area contributed by atoms with Crippen molar-refractivity contribution in [2.75, 3.05) is 19.5 Å². The van der Waals surface area contributed by atoms with Crippen LogP contribution in [0.1, 0.15) is 23.5 Å². The zero-order valence-electron chi connectivity index (χ0n) is 15.8. The first kappa shape index (κ1) is 19.4. The van der Waals surface area contributed by atoms with Crippen LogP contribution in [0.15, 0.2) is 48.2 Å². The minimum absolute atomic E-state index is 0.107. The predicted octanol–water partition coefficient (Wildman–Crippen LogP) is 3.28. The molecule has 0 bridgehead atoms. The van der Waals surface area contributed by atoms with Crippen LogP contribution in [-0.4, -0.2) is 26.0 Å². The molecular formula is C21H21FN2O4. The van der Waals surface area contributed by atoms with Crippen molar-refractivity contribution in [3.05, 3.63) is 65.1 Å². The normalized spacial score (nSPS) is 16.1. The Labute approximate surface area is 162 Å². The first-order valence-corrected chi connectivity index (χ1v) is 8.71. The number of benzene rings is 2. The molecule has 2 aromatic carbocycles. The molecule has 3 rings (SSSR count). The fourth-order valence-electron chi connectivity index (χ4n) is 3.14. The number of amides is 2. The van der Waals surface area contributed by atoms with E-state index in [-0.39, 0.29) is 24.1 Å². The van der Waals surface area contributed by atoms with Gasteiger partial charge in [0.2, 0.25) is 5.91 Å². The zero-order valence-corrected chi connectivity index (χ0v) is 15.8. The molecule has 0 spiro atoms. The zero-order chi connectivity index (χ0) is 20.3. The summed E-state index contributed by atoms with van der Waals surface area (Å²) in [5.41, 5.74) is 2.45. The summed E-state index contributed by atoms with van der Waals surface area (Å²) >= 11 is 0. The van der Waals surface area contributed by atoms with Crippen molar-refractivity contribution in [2.24, 2.45) is 0 Å². The molecule has 1 aliphatic heterocycles. The lowest BCUT2D eigenvalue weighted by Gasteiger charge is -2.24. The average molecular weight is 384 g/mol. The third-order valence-electron chi connectivity index (χ3n) is 4.67. The third-order valence-corrected chi connectivity index (χ3v) is 4.67. The Morgan fingerprint density at radius 3 is 2.43 bits per heavy atom. The SMILES string of the molecule is COc1cc(C)c(NC(=O)C2=CNC(=O)CC2c2ccc(F)cc2)cc1OC. The first-order chi connectivity index (χ1) is 13.4. The first-order valence-electron chi connectivity index (χ1n) is 8.71. The Kier molecular flexibility index (Phi) is 5.63. The maximum Gasteiger partial charge on any atom is 0.253 e. The minimum atomic E-state index is -0.463. The van der Waals surface area contributed by atoms with E-state index in [1.54, 1.807) is 31.4 Å². The molecule has 1 heterocycles. The summed E-state index contributed by atoms with van der Waals surface area (Å²) in [6, 6.07) is 9.25. The summed E-state index contributed by atoms with van der Waals surface area (Å²) in [7, 11) is 3.06. The molecule has 0 radical (unpaired) electrons. The van der Waals surface area contributed by atoms with E-state index in [1.807, 2.05) is 6.92 Å². The molecule has 0 aliphatic carbocycles. The van der Waals surface area contributed by atoms with Gasteiger partial charge >= 0.3 is 0 Å². The Bertz CT molecular complexity index is 938. The number of halogens is 1. The van der Waals surface area contributed by atoms with Crippen LogP contribution in [-0.2, 0) is 9.59 Å². The van der Waals surface area contributed by atoms with Gasteiger partial charge < -0.3 is 20.1 Å². The molecule has 2 N–H and O–H groups in total. The smallest absolute Gasteiger partial charge is 0.253 e. The van der Waals surface area contributed by atoms with Crippen molar-refractivity contribution >= 4 is 17.5 Å². The molecular weight excluding hydrogens is 363 g/mol. The Morgan fingerprint density at radius 2 is 1.79 bits per heavy atom. The van der Waals surface area contributed by atoms with Gasteiger partial charge in [-0.3, -0.25) is 9.59 Å². The lowest BCUT2D eigenvalue weighted by atomic mass is 9.86. The topological polar surface area (TPSA) is 76.7 Å². The highest BCUT2D eigenvalue weighted by Crippen LogP contribution is 2.35. The van der Waals surface area contributed by atoms with Gasteiger partial charge in [-0.1, -0.05) is 12.1 Å². The molecule has 7 heteroatoms. The summed E-state index contributed by atoms with van der Waals surface area (Å²) in [4.78, 5) is 24.8. The fraction of sp³-hybridized carbons (Fsp3) is 0.238. The summed E-state index contributed by atoms with van der Waals surface area (Å²) in [6.45, 7) is 1.84. The molecule has 1 aliphatic rings. The standard InChI is InChI=1S/C21H21FN2O4/c1-12-8-18(27-2)19(28-3)10-17(12)24-21(26)16-11-23-20(25)9-15(16)13-4-6-14(22)7-5-13/h4-8,10-11,15H,9H2,1-3H3,(H,23,25)(H,24,26). The fourth-order valence-corrected chi connectivity index (χ4v) is 3.14. The average Bonchev–Trinajstić information content (AvgIpc) is 2.69. The molecule has 0 aromatic heterocycles. The van der Waals surface area contributed by atoms with E-state index in [0.29, 0.717) is 28.3 Å². The van der Waals surface area contributed by atoms with E-state index in [9.17, 15) is 14.0 Å². The van der Waals surface area contributed by atoms with Crippen molar-refractivity contribution in [2.45, 2.75) is 19.3 Å². The quantitative estimate of drug-likeness (QED) is 0.830. The van der Waals surface area contributed by atoms with E-state index in [1.165, 1.54) is 25.4 Å². The van der Waals surface area contributed by atoms with Crippen LogP contribution in [0, 0.1) is 12.7 Å². The number of hydrogen-bond donors (Lipinski definition) is 2. The molecule has 28 heavy (non-hydrogen) atoms. The summed E-state index contributed by atoms with van der Waals surface area (Å²) in [5.74, 6) is -0.344. The number of methoxy groups -OCH3 is 2. The minimum Gasteiger partial charge on any atom is -0.493 e. The molecule has 1 atom stereocenters. The van der Waals surface area contributed by atoms with Crippen molar-refractivity contribution < 1.29 is 23.5 Å². The van der Waals surface area contributed by atoms with Crippen molar-refractivity contribution in [1.29, 1.82) is 0 Å². The second-order valence-corrected chi connectivity index (χ2v) is 6.45. The number of nitrogens with one attached hydrogen (secondary N) is 2. The van der Waals surface area contributed by atoms with Crippen LogP contribution in [0.5, 0.6) is 11.5 Å². The number of carbonyl (C=O) groups excluding carboxylic acids is 2. The molecule has 2 amide bonds. The van der Waals surface area contributed by atoms with Crippen LogP contribution in [0.4, 0.5) is 10.1 Å². The van der Waals surface area contributed by atoms with Crippen LogP contribution >= 0.6 is 0 Å². The maximum absolute atomic E-state index is 13.3. The highest BCUT2D eigenvalue weighted by atomic mass is 19.1. The van der Waals surface area contributed by atoms with Crippen LogP contribution in [0.3, 0.4) is 0 Å². The largest absolute Gasteiger partial charge is 0.493 e. The number of rotatable bonds is 5. The van der Waals surface area contributed by atoms with E-state index >= 15 is 0 Å². The molecule has 1 unspecified atom stereocenters. The third kappa shape index (κ3) is 3.98. The van der Waals surface area contributed by atoms with Gasteiger partial charge in [0, 0.05) is 35.9 Å².